The highest BCUT2D eigenvalue weighted by Gasteiger charge is 2.12. The first-order chi connectivity index (χ1) is 7.54. The second-order valence-electron chi connectivity index (χ2n) is 3.58. The third kappa shape index (κ3) is 3.78. The van der Waals surface area contributed by atoms with E-state index in [-0.39, 0.29) is 18.5 Å². The molecule has 1 aromatic rings. The molecule has 0 heterocycles. The van der Waals surface area contributed by atoms with Crippen molar-refractivity contribution in [1.82, 2.24) is 0 Å². The van der Waals surface area contributed by atoms with Gasteiger partial charge in [0.25, 0.3) is 0 Å². The molecule has 0 aliphatic heterocycles. The summed E-state index contributed by atoms with van der Waals surface area (Å²) in [6.07, 6.45) is 0.943. The number of ether oxygens (including phenoxy) is 1. The summed E-state index contributed by atoms with van der Waals surface area (Å²) in [7, 11) is 0. The first-order valence-corrected chi connectivity index (χ1v) is 5.90. The summed E-state index contributed by atoms with van der Waals surface area (Å²) >= 11 is 11.7. The highest BCUT2D eigenvalue weighted by molar-refractivity contribution is 6.35. The van der Waals surface area contributed by atoms with E-state index in [1.54, 1.807) is 18.2 Å². The number of benzene rings is 1. The maximum absolute atomic E-state index is 11.8. The molecule has 1 atom stereocenters. The van der Waals surface area contributed by atoms with Gasteiger partial charge in [0.15, 0.2) is 5.78 Å². The molecule has 0 amide bonds. The Balaban J connectivity index is 2.69. The SMILES string of the molecule is CCC(C)OCC(=O)c1cc(Cl)ccc1Cl. The van der Waals surface area contributed by atoms with Gasteiger partial charge in [0, 0.05) is 10.6 Å². The van der Waals surface area contributed by atoms with Crippen LogP contribution in [0.5, 0.6) is 0 Å². The van der Waals surface area contributed by atoms with Crippen LogP contribution >= 0.6 is 23.2 Å². The molecule has 4 heteroatoms. The van der Waals surface area contributed by atoms with Crippen LogP contribution in [0.2, 0.25) is 10.0 Å². The van der Waals surface area contributed by atoms with Crippen LogP contribution in [0.1, 0.15) is 30.6 Å². The van der Waals surface area contributed by atoms with E-state index in [1.807, 2.05) is 13.8 Å². The molecule has 1 unspecified atom stereocenters. The van der Waals surface area contributed by atoms with Gasteiger partial charge in [-0.3, -0.25) is 4.79 Å². The lowest BCUT2D eigenvalue weighted by atomic mass is 10.1. The van der Waals surface area contributed by atoms with Crippen molar-refractivity contribution in [2.75, 3.05) is 6.61 Å². The van der Waals surface area contributed by atoms with Crippen LogP contribution < -0.4 is 0 Å². The van der Waals surface area contributed by atoms with Gasteiger partial charge < -0.3 is 4.74 Å². The summed E-state index contributed by atoms with van der Waals surface area (Å²) in [6, 6.07) is 4.82. The Morgan fingerprint density at radius 2 is 2.12 bits per heavy atom. The Bertz CT molecular complexity index is 377. The van der Waals surface area contributed by atoms with Crippen molar-refractivity contribution in [3.05, 3.63) is 33.8 Å². The zero-order valence-electron chi connectivity index (χ0n) is 9.30. The number of hydrogen-bond acceptors (Lipinski definition) is 2. The van der Waals surface area contributed by atoms with Crippen molar-refractivity contribution >= 4 is 29.0 Å². The van der Waals surface area contributed by atoms with Crippen molar-refractivity contribution in [3.63, 3.8) is 0 Å². The molecule has 88 valence electrons. The lowest BCUT2D eigenvalue weighted by Crippen LogP contribution is -2.15. The highest BCUT2D eigenvalue weighted by atomic mass is 35.5. The number of ketones is 1. The molecule has 0 radical (unpaired) electrons. The van der Waals surface area contributed by atoms with Crippen LogP contribution in [0.4, 0.5) is 0 Å². The number of halogens is 2. The molecule has 2 nitrogen and oxygen atoms in total. The Morgan fingerprint density at radius 1 is 1.44 bits per heavy atom. The summed E-state index contributed by atoms with van der Waals surface area (Å²) < 4.78 is 5.35. The van der Waals surface area contributed by atoms with Crippen LogP contribution in [0.15, 0.2) is 18.2 Å². The molecule has 0 fully saturated rings. The molecule has 1 aromatic carbocycles. The number of hydrogen-bond donors (Lipinski definition) is 0. The maximum Gasteiger partial charge on any atom is 0.190 e. The summed E-state index contributed by atoms with van der Waals surface area (Å²) in [5.74, 6) is -0.146. The normalized spacial score (nSPS) is 12.5. The molecule has 0 bridgehead atoms. The summed E-state index contributed by atoms with van der Waals surface area (Å²) in [4.78, 5) is 11.8. The van der Waals surface area contributed by atoms with Gasteiger partial charge in [-0.05, 0) is 31.5 Å². The highest BCUT2D eigenvalue weighted by Crippen LogP contribution is 2.21. The third-order valence-corrected chi connectivity index (χ3v) is 2.87. The molecule has 1 rings (SSSR count). The molecular weight excluding hydrogens is 247 g/mol. The van der Waals surface area contributed by atoms with E-state index in [9.17, 15) is 4.79 Å². The van der Waals surface area contributed by atoms with E-state index >= 15 is 0 Å². The minimum atomic E-state index is -0.146. The second kappa shape index (κ2) is 6.24. The van der Waals surface area contributed by atoms with Crippen molar-refractivity contribution < 1.29 is 9.53 Å². The van der Waals surface area contributed by atoms with E-state index in [4.69, 9.17) is 27.9 Å². The molecule has 0 N–H and O–H groups in total. The minimum absolute atomic E-state index is 0.0368. The van der Waals surface area contributed by atoms with Gasteiger partial charge >= 0.3 is 0 Å². The Kier molecular flexibility index (Phi) is 5.26. The van der Waals surface area contributed by atoms with Crippen LogP contribution in [0, 0.1) is 0 Å². The third-order valence-electron chi connectivity index (χ3n) is 2.30. The van der Waals surface area contributed by atoms with Crippen molar-refractivity contribution in [3.8, 4) is 0 Å². The molecule has 0 saturated heterocycles. The van der Waals surface area contributed by atoms with Crippen molar-refractivity contribution in [2.45, 2.75) is 26.4 Å². The first-order valence-electron chi connectivity index (χ1n) is 5.14. The number of Topliss-reactive ketones (excluding diaryl/α,β-unsaturated/α-hetero) is 1. The van der Waals surface area contributed by atoms with Crippen LogP contribution in [0.3, 0.4) is 0 Å². The zero-order valence-corrected chi connectivity index (χ0v) is 10.8. The van der Waals surface area contributed by atoms with Gasteiger partial charge in [-0.15, -0.1) is 0 Å². The number of carbonyl (C=O) groups is 1. The van der Waals surface area contributed by atoms with Crippen LogP contribution in [-0.2, 0) is 4.74 Å². The summed E-state index contributed by atoms with van der Waals surface area (Å²) in [5, 5.41) is 0.901. The van der Waals surface area contributed by atoms with Gasteiger partial charge in [0.1, 0.15) is 6.61 Å². The van der Waals surface area contributed by atoms with E-state index < -0.39 is 0 Å². The lowest BCUT2D eigenvalue weighted by Gasteiger charge is -2.10. The van der Waals surface area contributed by atoms with E-state index in [2.05, 4.69) is 0 Å². The molecule has 0 spiro atoms. The van der Waals surface area contributed by atoms with Gasteiger partial charge in [0.05, 0.1) is 11.1 Å². The number of carbonyl (C=O) groups excluding carboxylic acids is 1. The average Bonchev–Trinajstić information content (AvgIpc) is 2.28. The van der Waals surface area contributed by atoms with Crippen LogP contribution in [-0.4, -0.2) is 18.5 Å². The topological polar surface area (TPSA) is 26.3 Å². The van der Waals surface area contributed by atoms with Crippen molar-refractivity contribution in [2.24, 2.45) is 0 Å². The minimum Gasteiger partial charge on any atom is -0.370 e. The predicted molar refractivity (Wildman–Crippen MR) is 66.5 cm³/mol. The fourth-order valence-corrected chi connectivity index (χ4v) is 1.52. The Labute approximate surface area is 106 Å². The molecule has 0 saturated carbocycles. The summed E-state index contributed by atoms with van der Waals surface area (Å²) in [5.41, 5.74) is 0.414. The fraction of sp³-hybridized carbons (Fsp3) is 0.417. The van der Waals surface area contributed by atoms with E-state index in [0.29, 0.717) is 15.6 Å². The molecular formula is C12H14Cl2O2. The largest absolute Gasteiger partial charge is 0.370 e. The smallest absolute Gasteiger partial charge is 0.190 e. The fourth-order valence-electron chi connectivity index (χ4n) is 1.12. The quantitative estimate of drug-likeness (QED) is 0.749. The van der Waals surface area contributed by atoms with Gasteiger partial charge in [-0.1, -0.05) is 30.1 Å². The maximum atomic E-state index is 11.8. The lowest BCUT2D eigenvalue weighted by molar-refractivity contribution is 0.0511. The van der Waals surface area contributed by atoms with E-state index in [0.717, 1.165) is 6.42 Å². The van der Waals surface area contributed by atoms with E-state index in [1.165, 1.54) is 0 Å². The molecule has 0 aromatic heterocycles. The average molecular weight is 261 g/mol. The van der Waals surface area contributed by atoms with Crippen molar-refractivity contribution in [1.29, 1.82) is 0 Å². The second-order valence-corrected chi connectivity index (χ2v) is 4.42. The number of rotatable bonds is 5. The summed E-state index contributed by atoms with van der Waals surface area (Å²) in [6.45, 7) is 3.96. The van der Waals surface area contributed by atoms with Gasteiger partial charge in [-0.25, -0.2) is 0 Å². The zero-order chi connectivity index (χ0) is 12.1. The van der Waals surface area contributed by atoms with Crippen LogP contribution in [0.25, 0.3) is 0 Å². The monoisotopic (exact) mass is 260 g/mol. The standard InChI is InChI=1S/C12H14Cl2O2/c1-3-8(2)16-7-12(15)10-6-9(13)4-5-11(10)14/h4-6,8H,3,7H2,1-2H3. The Hall–Kier alpha value is -0.570. The molecule has 16 heavy (non-hydrogen) atoms. The molecule has 0 aliphatic carbocycles. The van der Waals surface area contributed by atoms with Gasteiger partial charge in [-0.2, -0.15) is 0 Å². The Morgan fingerprint density at radius 3 is 2.75 bits per heavy atom. The molecule has 0 aliphatic rings. The predicted octanol–water partition coefficient (Wildman–Crippen LogP) is 3.99. The van der Waals surface area contributed by atoms with Gasteiger partial charge in [0.2, 0.25) is 0 Å². The first kappa shape index (κ1) is 13.5.